The van der Waals surface area contributed by atoms with E-state index in [1.807, 2.05) is 84.7 Å². The number of aromatic carboxylic acids is 1. The van der Waals surface area contributed by atoms with Crippen LogP contribution in [0.2, 0.25) is 0 Å². The van der Waals surface area contributed by atoms with Crippen molar-refractivity contribution in [3.63, 3.8) is 0 Å². The van der Waals surface area contributed by atoms with Gasteiger partial charge in [-0.25, -0.2) is 34.7 Å². The van der Waals surface area contributed by atoms with E-state index in [-0.39, 0.29) is 17.3 Å². The van der Waals surface area contributed by atoms with E-state index in [2.05, 4.69) is 83.8 Å². The summed E-state index contributed by atoms with van der Waals surface area (Å²) in [5.74, 6) is 1.58. The van der Waals surface area contributed by atoms with Crippen LogP contribution < -0.4 is 0 Å². The highest BCUT2D eigenvalue weighted by atomic mass is 79.9. The van der Waals surface area contributed by atoms with Gasteiger partial charge in [0.15, 0.2) is 17.3 Å². The van der Waals surface area contributed by atoms with Gasteiger partial charge in [0.25, 0.3) is 0 Å². The SMILES string of the molecule is CC(=O)c1cc(Br)cs1.CC(=O)c1csc(-c2ccnc(C)n2)c1.CN(C)C=CC(=O)c1cc(Br)cs1.Cc1nccc(-c2cc(Br)cs2)n1.Cc1nccc(-c2cc(C(=O)O)cs2)n1. The Kier molecular flexibility index (Phi) is 21.4. The summed E-state index contributed by atoms with van der Waals surface area (Å²) in [6.07, 6.45) is 8.49. The van der Waals surface area contributed by atoms with Crippen LogP contribution in [0.15, 0.2) is 120 Å². The van der Waals surface area contributed by atoms with Gasteiger partial charge in [0.2, 0.25) is 0 Å². The number of ketones is 3. The van der Waals surface area contributed by atoms with E-state index < -0.39 is 5.97 Å². The zero-order valence-electron chi connectivity index (χ0n) is 35.8. The Morgan fingerprint density at radius 1 is 0.554 bits per heavy atom. The molecule has 8 aromatic rings. The fourth-order valence-electron chi connectivity index (χ4n) is 4.70. The molecule has 0 aliphatic carbocycles. The topological polar surface area (TPSA) is 169 Å². The third-order valence-corrected chi connectivity index (χ3v) is 14.9. The van der Waals surface area contributed by atoms with Gasteiger partial charge in [-0.1, -0.05) is 0 Å². The molecule has 0 saturated carbocycles. The van der Waals surface area contributed by atoms with E-state index in [0.717, 1.165) is 72.1 Å². The Labute approximate surface area is 421 Å². The third-order valence-electron chi connectivity index (χ3n) is 7.75. The molecule has 0 unspecified atom stereocenters. The molecule has 1 N–H and O–H groups in total. The number of halogens is 3. The Morgan fingerprint density at radius 2 is 0.954 bits per heavy atom. The van der Waals surface area contributed by atoms with Crippen LogP contribution in [-0.4, -0.2) is 77.3 Å². The van der Waals surface area contributed by atoms with Crippen molar-refractivity contribution >= 4 is 128 Å². The molecule has 20 heteroatoms. The number of carboxylic acid groups (broad SMARTS) is 1. The van der Waals surface area contributed by atoms with Gasteiger partial charge < -0.3 is 10.0 Å². The maximum absolute atomic E-state index is 11.4. The quantitative estimate of drug-likeness (QED) is 0.107. The Hall–Kier alpha value is -4.80. The zero-order chi connectivity index (χ0) is 47.6. The summed E-state index contributed by atoms with van der Waals surface area (Å²) in [7, 11) is 3.77. The van der Waals surface area contributed by atoms with Crippen molar-refractivity contribution in [1.29, 1.82) is 0 Å². The predicted octanol–water partition coefficient (Wildman–Crippen LogP) is 13.7. The molecule has 0 spiro atoms. The lowest BCUT2D eigenvalue weighted by atomic mass is 10.2. The molecule has 8 aromatic heterocycles. The van der Waals surface area contributed by atoms with Gasteiger partial charge in [-0.15, -0.1) is 56.7 Å². The van der Waals surface area contributed by atoms with Gasteiger partial charge in [-0.3, -0.25) is 14.4 Å². The van der Waals surface area contributed by atoms with Crippen molar-refractivity contribution in [3.8, 4) is 31.7 Å². The van der Waals surface area contributed by atoms with Crippen molar-refractivity contribution in [1.82, 2.24) is 34.8 Å². The lowest BCUT2D eigenvalue weighted by molar-refractivity contribution is 0.0696. The lowest BCUT2D eigenvalue weighted by Crippen LogP contribution is -2.02. The molecule has 12 nitrogen and oxygen atoms in total. The van der Waals surface area contributed by atoms with E-state index >= 15 is 0 Å². The molecule has 65 heavy (non-hydrogen) atoms. The predicted molar refractivity (Wildman–Crippen MR) is 276 cm³/mol. The second-order valence-electron chi connectivity index (χ2n) is 13.3. The highest BCUT2D eigenvalue weighted by Crippen LogP contribution is 2.29. The van der Waals surface area contributed by atoms with E-state index in [0.29, 0.717) is 11.4 Å². The summed E-state index contributed by atoms with van der Waals surface area (Å²) in [6.45, 7) is 8.68. The molecule has 0 fully saturated rings. The molecule has 0 amide bonds. The molecule has 0 radical (unpaired) electrons. The summed E-state index contributed by atoms with van der Waals surface area (Å²) in [5, 5.41) is 18.1. The fourth-order valence-corrected chi connectivity index (χ4v) is 10.5. The first-order valence-corrected chi connectivity index (χ1v) is 25.6. The van der Waals surface area contributed by atoms with Crippen molar-refractivity contribution in [2.75, 3.05) is 14.1 Å². The van der Waals surface area contributed by atoms with Crippen LogP contribution in [0.1, 0.15) is 71.4 Å². The lowest BCUT2D eigenvalue weighted by Gasteiger charge is -2.01. The van der Waals surface area contributed by atoms with Gasteiger partial charge in [0.05, 0.1) is 47.0 Å². The Morgan fingerprint density at radius 3 is 1.28 bits per heavy atom. The Balaban J connectivity index is 0.000000180. The largest absolute Gasteiger partial charge is 0.478 e. The molecule has 0 bridgehead atoms. The number of nitrogens with zero attached hydrogens (tertiary/aromatic N) is 7. The summed E-state index contributed by atoms with van der Waals surface area (Å²) in [6, 6.07) is 14.7. The summed E-state index contributed by atoms with van der Waals surface area (Å²) >= 11 is 17.5. The van der Waals surface area contributed by atoms with Gasteiger partial charge in [0, 0.05) is 90.8 Å². The standard InChI is InChI=1S/C11H10N2OS.C10H8N2O2S.C9H7BrN2S.C9H10BrNOS.C6H5BrOS/c1-7(14)9-5-11(15-6-9)10-3-4-12-8(2)13-10;1-6-11-3-2-8(12-6)9-4-7(5-15-9)10(13)14;1-6-11-3-2-8(12-6)9-4-7(10)5-13-9;1-11(2)4-3-8(12)9-5-7(10)6-13-9;1-4(8)6-2-5(7)3-9-6/h3-6H,1-2H3;2-5H,1H3,(H,13,14);2-5H,1H3;3-6H,1-2H3;2-3H,1H3. The Bertz CT molecular complexity index is 2790. The van der Waals surface area contributed by atoms with E-state index in [1.165, 1.54) is 45.3 Å². The van der Waals surface area contributed by atoms with Gasteiger partial charge >= 0.3 is 5.97 Å². The molecule has 8 heterocycles. The minimum atomic E-state index is -0.914. The number of carboxylic acids is 1. The van der Waals surface area contributed by atoms with Crippen molar-refractivity contribution in [2.45, 2.75) is 34.6 Å². The number of hydrogen-bond acceptors (Lipinski definition) is 16. The first-order valence-electron chi connectivity index (χ1n) is 18.8. The van der Waals surface area contributed by atoms with E-state index in [9.17, 15) is 19.2 Å². The summed E-state index contributed by atoms with van der Waals surface area (Å²) in [5.41, 5.74) is 3.67. The highest BCUT2D eigenvalue weighted by molar-refractivity contribution is 9.11. The minimum Gasteiger partial charge on any atom is -0.478 e. The van der Waals surface area contributed by atoms with Crippen LogP contribution in [0.5, 0.6) is 0 Å². The van der Waals surface area contributed by atoms with Crippen LogP contribution in [0.3, 0.4) is 0 Å². The molecule has 0 aliphatic heterocycles. The van der Waals surface area contributed by atoms with Gasteiger partial charge in [-0.05, 0) is 131 Å². The number of Topliss-reactive ketones (excluding diaryl/α,β-unsaturated/α-hetero) is 2. The number of hydrogen-bond donors (Lipinski definition) is 1. The molecule has 8 rings (SSSR count). The third kappa shape index (κ3) is 18.2. The maximum Gasteiger partial charge on any atom is 0.336 e. The molecular formula is C45H40Br3N7O5S5. The highest BCUT2D eigenvalue weighted by Gasteiger charge is 2.10. The van der Waals surface area contributed by atoms with Gasteiger partial charge in [0.1, 0.15) is 17.5 Å². The monoisotopic (exact) mass is 1150 g/mol. The number of carbonyl (C=O) groups excluding carboxylic acids is 3. The maximum atomic E-state index is 11.4. The van der Waals surface area contributed by atoms with E-state index in [1.54, 1.807) is 80.5 Å². The number of aromatic nitrogens is 6. The fraction of sp³-hybridized carbons (Fsp3) is 0.156. The van der Waals surface area contributed by atoms with Crippen LogP contribution >= 0.6 is 104 Å². The average Bonchev–Trinajstić information content (AvgIpc) is 4.12. The number of rotatable bonds is 9. The van der Waals surface area contributed by atoms with E-state index in [4.69, 9.17) is 5.11 Å². The molecule has 336 valence electrons. The zero-order valence-corrected chi connectivity index (χ0v) is 44.6. The summed E-state index contributed by atoms with van der Waals surface area (Å²) < 4.78 is 3.04. The number of carbonyl (C=O) groups is 4. The number of thiophene rings is 5. The molecule has 0 aromatic carbocycles. The number of aryl methyl sites for hydroxylation is 3. The molecule has 0 atom stereocenters. The van der Waals surface area contributed by atoms with Crippen LogP contribution in [0, 0.1) is 20.8 Å². The molecule has 0 aliphatic rings. The smallest absolute Gasteiger partial charge is 0.336 e. The average molecular weight is 1160 g/mol. The molecule has 0 saturated heterocycles. The van der Waals surface area contributed by atoms with Crippen molar-refractivity contribution in [2.24, 2.45) is 0 Å². The second kappa shape index (κ2) is 26.4. The van der Waals surface area contributed by atoms with Crippen LogP contribution in [0.25, 0.3) is 31.7 Å². The van der Waals surface area contributed by atoms with Crippen LogP contribution in [0.4, 0.5) is 0 Å². The molecular weight excluding hydrogens is 1120 g/mol. The van der Waals surface area contributed by atoms with Crippen molar-refractivity contribution < 1.29 is 24.3 Å². The summed E-state index contributed by atoms with van der Waals surface area (Å²) in [4.78, 5) is 75.2. The van der Waals surface area contributed by atoms with Crippen molar-refractivity contribution in [3.05, 3.63) is 158 Å². The van der Waals surface area contributed by atoms with Crippen LogP contribution in [-0.2, 0) is 0 Å². The second-order valence-corrected chi connectivity index (χ2v) is 20.6. The van der Waals surface area contributed by atoms with Gasteiger partial charge in [-0.2, -0.15) is 0 Å². The minimum absolute atomic E-state index is 0.0457. The number of allylic oxidation sites excluding steroid dienone is 1. The first kappa shape index (κ1) is 52.8. The normalized spacial score (nSPS) is 10.2. The first-order chi connectivity index (χ1) is 30.9.